The van der Waals surface area contributed by atoms with Gasteiger partial charge in [-0.3, -0.25) is 9.59 Å². The molecule has 6 N–H and O–H groups in total. The number of carbonyl (C=O) groups excluding carboxylic acids is 2. The van der Waals surface area contributed by atoms with Gasteiger partial charge < -0.3 is 97.3 Å². The maximum Gasteiger partial charge on any atom is 0.202 e. The van der Waals surface area contributed by atoms with E-state index in [1.807, 2.05) is 79.5 Å². The molecule has 2 aromatic rings. The lowest BCUT2D eigenvalue weighted by molar-refractivity contribution is -0.324. The molecule has 23 atom stereocenters. The average molecular weight is 1190 g/mol. The standard InChI is InChI=1S/C60H88N2O20.ClH/c1-12-60(70)26-41(79-46-24-34(61(8)9)57(31(6)75-46)80-44-22-18-39(29(4)73-44)77-42-20-16-36(63)27(2)71-42)49-52(56(69)50-51(55(49)68)54(67)48-33(53(50)66)14-13-15-38(48)65)59(60)82-47-25-35(62(10)11)58(32(7)76-47)81-45-23-19-40(30(5)74-45)78-43-21-17-37(64)28(3)72-43;/h13-15,27-32,34-37,39-47,57-59,63-65,68-70H,12,16-26H2,1-11H3;1H/t27-,28-,29-,30-,31-,32-,34-,35-,36-,37-,39-,40?,41-,42?,43-,44-,45-,46?,47-,57?,58?,59?,60+;/m0./s1. The Bertz CT molecular complexity index is 2600. The molecule has 0 bridgehead atoms. The molecule has 2 aliphatic carbocycles. The van der Waals surface area contributed by atoms with Gasteiger partial charge in [-0.2, -0.15) is 0 Å². The van der Waals surface area contributed by atoms with Crippen molar-refractivity contribution >= 4 is 24.0 Å². The fourth-order valence-corrected chi connectivity index (χ4v) is 13.7. The van der Waals surface area contributed by atoms with Gasteiger partial charge in [0.15, 0.2) is 43.5 Å². The van der Waals surface area contributed by atoms with Crippen LogP contribution in [0.1, 0.15) is 181 Å². The number of halogens is 1. The van der Waals surface area contributed by atoms with E-state index >= 15 is 0 Å². The summed E-state index contributed by atoms with van der Waals surface area (Å²) < 4.78 is 77.8. The Hall–Kier alpha value is -3.21. The number of aliphatic hydroxyl groups excluding tert-OH is 2. The fourth-order valence-electron chi connectivity index (χ4n) is 13.7. The number of aromatic hydroxyl groups is 3. The zero-order chi connectivity index (χ0) is 58.8. The molecule has 2 aromatic carbocycles. The molecule has 83 heavy (non-hydrogen) atoms. The van der Waals surface area contributed by atoms with E-state index in [1.54, 1.807) is 6.92 Å². The first-order valence-corrected chi connectivity index (χ1v) is 29.7. The van der Waals surface area contributed by atoms with Crippen LogP contribution in [0.5, 0.6) is 17.2 Å². The third kappa shape index (κ3) is 13.0. The van der Waals surface area contributed by atoms with Crippen molar-refractivity contribution in [3.63, 3.8) is 0 Å². The molecule has 10 rings (SSSR count). The highest BCUT2D eigenvalue weighted by Gasteiger charge is 2.55. The van der Waals surface area contributed by atoms with Crippen molar-refractivity contribution in [1.82, 2.24) is 9.80 Å². The molecule has 6 saturated heterocycles. The Balaban J connectivity index is 0.00000828. The van der Waals surface area contributed by atoms with Gasteiger partial charge in [0, 0.05) is 73.7 Å². The number of benzene rings is 2. The van der Waals surface area contributed by atoms with Crippen molar-refractivity contribution in [2.75, 3.05) is 28.2 Å². The van der Waals surface area contributed by atoms with Gasteiger partial charge in [0.2, 0.25) is 5.78 Å². The molecular weight excluding hydrogens is 1100 g/mol. The Kier molecular flexibility index (Phi) is 20.3. The SMILES string of the molecule is CC[C@@]1(O)C[C@H](OC2C[C@H](N(C)C)C(O[C@H]3CC[C@H](OC4CC[C@H](O)[C@H](C)O4)[C@H](C)O3)[C@H](C)O2)c2c(O)c3c(c(O)c2C1O[C@H]1C[C@H](N(C)C)C(O[C@H]2CCC(O[C@H]4CC[C@H](O)[C@H](C)O4)[C@H](C)O2)[C@H](C)O1)C(=O)c1cccc(O)c1C3=O.Cl. The normalized spacial score (nSPS) is 41.3. The first kappa shape index (κ1) is 64.3. The summed E-state index contributed by atoms with van der Waals surface area (Å²) in [6, 6.07) is 3.42. The van der Waals surface area contributed by atoms with Crippen LogP contribution in [-0.4, -0.2) is 209 Å². The van der Waals surface area contributed by atoms with Crippen molar-refractivity contribution in [1.29, 1.82) is 0 Å². The number of ketones is 2. The monoisotopic (exact) mass is 1190 g/mol. The first-order valence-electron chi connectivity index (χ1n) is 29.7. The van der Waals surface area contributed by atoms with Crippen LogP contribution in [0.4, 0.5) is 0 Å². The van der Waals surface area contributed by atoms with Gasteiger partial charge in [0.25, 0.3) is 0 Å². The maximum atomic E-state index is 14.5. The second kappa shape index (κ2) is 26.2. The molecule has 0 aromatic heterocycles. The number of carbonyl (C=O) groups is 2. The van der Waals surface area contributed by atoms with Crippen molar-refractivity contribution in [2.24, 2.45) is 0 Å². The molecule has 466 valence electrons. The smallest absolute Gasteiger partial charge is 0.202 e. The highest BCUT2D eigenvalue weighted by Crippen LogP contribution is 2.58. The lowest BCUT2D eigenvalue weighted by Crippen LogP contribution is -2.57. The molecule has 0 saturated carbocycles. The number of fused-ring (bicyclic) bond motifs is 3. The third-order valence-corrected chi connectivity index (χ3v) is 18.6. The maximum absolute atomic E-state index is 14.5. The number of ether oxygens (including phenoxy) is 12. The minimum Gasteiger partial charge on any atom is -0.507 e. The summed E-state index contributed by atoms with van der Waals surface area (Å²) >= 11 is 0. The summed E-state index contributed by atoms with van der Waals surface area (Å²) in [4.78, 5) is 33.1. The van der Waals surface area contributed by atoms with E-state index in [0.717, 1.165) is 0 Å². The molecule has 22 nitrogen and oxygen atoms in total. The summed E-state index contributed by atoms with van der Waals surface area (Å²) in [5.74, 6) is -3.53. The highest BCUT2D eigenvalue weighted by molar-refractivity contribution is 6.31. The van der Waals surface area contributed by atoms with Crippen molar-refractivity contribution < 1.29 is 97.1 Å². The molecule has 8 aliphatic rings. The molecule has 23 heteroatoms. The molecule has 0 radical (unpaired) electrons. The Morgan fingerprint density at radius 3 is 1.43 bits per heavy atom. The van der Waals surface area contributed by atoms with E-state index in [-0.39, 0.29) is 109 Å². The van der Waals surface area contributed by atoms with Crippen LogP contribution in [0.2, 0.25) is 0 Å². The van der Waals surface area contributed by atoms with Crippen LogP contribution >= 0.6 is 12.4 Å². The molecule has 6 fully saturated rings. The minimum atomic E-state index is -1.85. The molecule has 0 spiro atoms. The van der Waals surface area contributed by atoms with Crippen LogP contribution in [-0.2, 0) is 56.8 Å². The molecule has 0 amide bonds. The fraction of sp³-hybridized carbons (Fsp3) is 0.767. The second-order valence-corrected chi connectivity index (χ2v) is 24.6. The van der Waals surface area contributed by atoms with Crippen molar-refractivity contribution in [3.8, 4) is 17.2 Å². The van der Waals surface area contributed by atoms with Crippen LogP contribution in [0.15, 0.2) is 18.2 Å². The number of likely N-dealkylation sites (N-methyl/N-ethyl adjacent to an activating group) is 2. The predicted molar refractivity (Wildman–Crippen MR) is 298 cm³/mol. The van der Waals surface area contributed by atoms with E-state index in [1.165, 1.54) is 18.2 Å². The molecule has 6 heterocycles. The quantitative estimate of drug-likeness (QED) is 0.0931. The lowest BCUT2D eigenvalue weighted by Gasteiger charge is -2.50. The summed E-state index contributed by atoms with van der Waals surface area (Å²) in [6.07, 6.45) is -6.74. The number of aliphatic hydroxyl groups is 3. The molecule has 6 unspecified atom stereocenters. The third-order valence-electron chi connectivity index (χ3n) is 18.6. The van der Waals surface area contributed by atoms with E-state index in [9.17, 15) is 40.2 Å². The number of hydrogen-bond acceptors (Lipinski definition) is 22. The van der Waals surface area contributed by atoms with Crippen molar-refractivity contribution in [3.05, 3.63) is 51.6 Å². The summed E-state index contributed by atoms with van der Waals surface area (Å²) in [5, 5.41) is 69.7. The van der Waals surface area contributed by atoms with Gasteiger partial charge in [-0.1, -0.05) is 19.1 Å². The summed E-state index contributed by atoms with van der Waals surface area (Å²) in [6.45, 7) is 13.0. The predicted octanol–water partition coefficient (Wildman–Crippen LogP) is 6.15. The molecular formula is C60H89ClN2O20. The Morgan fingerprint density at radius 1 is 0.530 bits per heavy atom. The highest BCUT2D eigenvalue weighted by atomic mass is 35.5. The van der Waals surface area contributed by atoms with Crippen LogP contribution < -0.4 is 0 Å². The summed E-state index contributed by atoms with van der Waals surface area (Å²) in [5.41, 5.74) is -3.57. The van der Waals surface area contributed by atoms with Gasteiger partial charge >= 0.3 is 0 Å². The van der Waals surface area contributed by atoms with Gasteiger partial charge in [0.1, 0.15) is 35.6 Å². The number of phenolic OH excluding ortho intramolecular Hbond substituents is 3. The molecule has 6 aliphatic heterocycles. The van der Waals surface area contributed by atoms with Gasteiger partial charge in [0.05, 0.1) is 89.4 Å². The zero-order valence-corrected chi connectivity index (χ0v) is 50.4. The lowest BCUT2D eigenvalue weighted by atomic mass is 9.70. The number of hydrogen-bond donors (Lipinski definition) is 6. The Labute approximate surface area is 492 Å². The largest absolute Gasteiger partial charge is 0.507 e. The average Bonchev–Trinajstić information content (AvgIpc) is 3.62. The van der Waals surface area contributed by atoms with Crippen LogP contribution in [0, 0.1) is 0 Å². The van der Waals surface area contributed by atoms with Crippen molar-refractivity contribution in [2.45, 2.75) is 266 Å². The van der Waals surface area contributed by atoms with E-state index in [0.29, 0.717) is 51.4 Å². The minimum absolute atomic E-state index is 0. The van der Waals surface area contributed by atoms with Crippen LogP contribution in [0.3, 0.4) is 0 Å². The summed E-state index contributed by atoms with van der Waals surface area (Å²) in [7, 11) is 7.69. The van der Waals surface area contributed by atoms with E-state index < -0.39 is 132 Å². The van der Waals surface area contributed by atoms with Gasteiger partial charge in [-0.15, -0.1) is 12.4 Å². The number of phenols is 3. The Morgan fingerprint density at radius 2 is 0.964 bits per heavy atom. The first-order chi connectivity index (χ1) is 38.9. The number of rotatable bonds is 15. The van der Waals surface area contributed by atoms with Gasteiger partial charge in [-0.05, 0) is 108 Å². The number of nitrogens with zero attached hydrogens (tertiary/aromatic N) is 2. The van der Waals surface area contributed by atoms with E-state index in [2.05, 4.69) is 0 Å². The zero-order valence-electron chi connectivity index (χ0n) is 49.6. The van der Waals surface area contributed by atoms with Gasteiger partial charge in [-0.25, -0.2) is 0 Å². The van der Waals surface area contributed by atoms with Crippen LogP contribution in [0.25, 0.3) is 0 Å². The van der Waals surface area contributed by atoms with E-state index in [4.69, 9.17) is 56.8 Å². The topological polar surface area (TPSA) is 273 Å². The second-order valence-electron chi connectivity index (χ2n) is 24.6.